The second-order valence-electron chi connectivity index (χ2n) is 13.7. The minimum Gasteiger partial charge on any atom is -0.305 e. The molecule has 4 heteroatoms. The summed E-state index contributed by atoms with van der Waals surface area (Å²) < 4.78 is 0. The van der Waals surface area contributed by atoms with Crippen molar-refractivity contribution < 1.29 is 20.1 Å². The Hall–Kier alpha value is -5.54. The minimum absolute atomic E-state index is 0. The maximum atomic E-state index is 4.67. The molecule has 3 nitrogen and oxygen atoms in total. The first-order chi connectivity index (χ1) is 24.8. The second kappa shape index (κ2) is 16.2. The summed E-state index contributed by atoms with van der Waals surface area (Å²) in [6, 6.07) is 54.8. The minimum atomic E-state index is 0. The van der Waals surface area contributed by atoms with E-state index in [1.807, 2.05) is 61.2 Å². The smallest absolute Gasteiger partial charge is 0.0352 e. The SMILES string of the molecule is CC(C)(C)c1ccnc(-c2[c-]ccc(-c3ccc(-c4ccccc4-c4ccccc4)c4cnccc34)c2)c1.Cc1ccnc(-c2[c-]cccc2)c1.[Ir]. The van der Waals surface area contributed by atoms with Crippen LogP contribution >= 0.6 is 0 Å². The summed E-state index contributed by atoms with van der Waals surface area (Å²) in [5.74, 6) is 0. The first-order valence-electron chi connectivity index (χ1n) is 17.3. The number of rotatable bonds is 5. The molecule has 257 valence electrons. The maximum absolute atomic E-state index is 4.67. The molecule has 8 rings (SSSR count). The second-order valence-corrected chi connectivity index (χ2v) is 13.7. The molecule has 0 saturated carbocycles. The van der Waals surface area contributed by atoms with Crippen molar-refractivity contribution in [2.75, 3.05) is 0 Å². The summed E-state index contributed by atoms with van der Waals surface area (Å²) >= 11 is 0. The fourth-order valence-electron chi connectivity index (χ4n) is 6.33. The summed E-state index contributed by atoms with van der Waals surface area (Å²) in [4.78, 5) is 13.5. The summed E-state index contributed by atoms with van der Waals surface area (Å²) in [5.41, 5.74) is 13.6. The van der Waals surface area contributed by atoms with E-state index in [4.69, 9.17) is 0 Å². The van der Waals surface area contributed by atoms with Crippen LogP contribution < -0.4 is 0 Å². The average molecular weight is 850 g/mol. The molecule has 0 amide bonds. The van der Waals surface area contributed by atoms with Gasteiger partial charge in [-0.25, -0.2) is 0 Å². The van der Waals surface area contributed by atoms with E-state index in [1.54, 1.807) is 0 Å². The summed E-state index contributed by atoms with van der Waals surface area (Å²) in [6.45, 7) is 8.74. The Labute approximate surface area is 320 Å². The van der Waals surface area contributed by atoms with Crippen LogP contribution in [0.15, 0.2) is 164 Å². The van der Waals surface area contributed by atoms with Crippen molar-refractivity contribution in [2.45, 2.75) is 33.1 Å². The molecule has 0 aliphatic rings. The molecule has 1 radical (unpaired) electrons. The predicted molar refractivity (Wildman–Crippen MR) is 212 cm³/mol. The topological polar surface area (TPSA) is 38.7 Å². The monoisotopic (exact) mass is 850 g/mol. The summed E-state index contributed by atoms with van der Waals surface area (Å²) in [6.07, 6.45) is 7.59. The van der Waals surface area contributed by atoms with E-state index in [0.717, 1.165) is 33.5 Å². The molecule has 0 saturated heterocycles. The molecule has 5 aromatic carbocycles. The van der Waals surface area contributed by atoms with Gasteiger partial charge in [0.25, 0.3) is 0 Å². The predicted octanol–water partition coefficient (Wildman–Crippen LogP) is 12.3. The van der Waals surface area contributed by atoms with E-state index in [-0.39, 0.29) is 25.5 Å². The van der Waals surface area contributed by atoms with Gasteiger partial charge in [-0.2, -0.15) is 0 Å². The number of benzene rings is 5. The van der Waals surface area contributed by atoms with Gasteiger partial charge in [0.2, 0.25) is 0 Å². The van der Waals surface area contributed by atoms with Crippen molar-refractivity contribution in [3.8, 4) is 55.9 Å². The van der Waals surface area contributed by atoms with E-state index in [0.29, 0.717) is 0 Å². The Morgan fingerprint density at radius 3 is 1.94 bits per heavy atom. The number of fused-ring (bicyclic) bond motifs is 1. The van der Waals surface area contributed by atoms with Crippen molar-refractivity contribution in [1.29, 1.82) is 0 Å². The number of aryl methyl sites for hydroxylation is 1. The van der Waals surface area contributed by atoms with Crippen molar-refractivity contribution >= 4 is 10.8 Å². The zero-order valence-corrected chi connectivity index (χ0v) is 32.2. The molecule has 0 aliphatic heterocycles. The van der Waals surface area contributed by atoms with Gasteiger partial charge in [0, 0.05) is 50.3 Å². The van der Waals surface area contributed by atoms with Crippen LogP contribution in [-0.4, -0.2) is 15.0 Å². The largest absolute Gasteiger partial charge is 0.305 e. The zero-order chi connectivity index (χ0) is 35.2. The Kier molecular flexibility index (Phi) is 11.3. The molecule has 0 spiro atoms. The molecule has 0 bridgehead atoms. The van der Waals surface area contributed by atoms with Crippen molar-refractivity contribution in [3.63, 3.8) is 0 Å². The molecule has 52 heavy (non-hydrogen) atoms. The first kappa shape index (κ1) is 36.3. The number of nitrogens with zero attached hydrogens (tertiary/aromatic N) is 3. The number of aromatic nitrogens is 3. The molecule has 8 aromatic rings. The van der Waals surface area contributed by atoms with Gasteiger partial charge < -0.3 is 9.97 Å². The Morgan fingerprint density at radius 1 is 0.500 bits per heavy atom. The van der Waals surface area contributed by atoms with E-state index < -0.39 is 0 Å². The Bertz CT molecular complexity index is 2410. The fraction of sp³-hybridized carbons (Fsp3) is 0.104. The van der Waals surface area contributed by atoms with Gasteiger partial charge >= 0.3 is 0 Å². The van der Waals surface area contributed by atoms with Crippen LogP contribution in [0.3, 0.4) is 0 Å². The van der Waals surface area contributed by atoms with E-state index in [2.05, 4.69) is 158 Å². The molecule has 0 unspecified atom stereocenters. The van der Waals surface area contributed by atoms with Crippen molar-refractivity contribution in [1.82, 2.24) is 15.0 Å². The van der Waals surface area contributed by atoms with E-state index in [9.17, 15) is 0 Å². The third kappa shape index (κ3) is 8.16. The van der Waals surface area contributed by atoms with Crippen LogP contribution in [0, 0.1) is 19.1 Å². The Balaban J connectivity index is 0.000000279. The van der Waals surface area contributed by atoms with Gasteiger partial charge in [0.15, 0.2) is 0 Å². The third-order valence-corrected chi connectivity index (χ3v) is 9.04. The van der Waals surface area contributed by atoms with E-state index in [1.165, 1.54) is 44.3 Å². The molecule has 0 fully saturated rings. The molecule has 0 aliphatic carbocycles. The van der Waals surface area contributed by atoms with Gasteiger partial charge in [0.1, 0.15) is 0 Å². The summed E-state index contributed by atoms with van der Waals surface area (Å²) in [7, 11) is 0. The summed E-state index contributed by atoms with van der Waals surface area (Å²) in [5, 5.41) is 2.31. The van der Waals surface area contributed by atoms with Gasteiger partial charge in [-0.15, -0.1) is 71.3 Å². The molecule has 0 atom stereocenters. The van der Waals surface area contributed by atoms with Gasteiger partial charge in [0.05, 0.1) is 0 Å². The van der Waals surface area contributed by atoms with Crippen LogP contribution in [0.5, 0.6) is 0 Å². The Morgan fingerprint density at radius 2 is 1.19 bits per heavy atom. The molecule has 3 aromatic heterocycles. The molecule has 0 N–H and O–H groups in total. The zero-order valence-electron chi connectivity index (χ0n) is 29.8. The van der Waals surface area contributed by atoms with Crippen molar-refractivity contribution in [2.24, 2.45) is 0 Å². The van der Waals surface area contributed by atoms with E-state index >= 15 is 0 Å². The average Bonchev–Trinajstić information content (AvgIpc) is 3.18. The van der Waals surface area contributed by atoms with Crippen molar-refractivity contribution in [3.05, 3.63) is 188 Å². The first-order valence-corrected chi connectivity index (χ1v) is 17.3. The maximum Gasteiger partial charge on any atom is 0.0352 e. The van der Waals surface area contributed by atoms with Gasteiger partial charge in [-0.05, 0) is 80.7 Å². The number of hydrogen-bond donors (Lipinski definition) is 0. The third-order valence-electron chi connectivity index (χ3n) is 9.04. The molecular weight excluding hydrogens is 811 g/mol. The van der Waals surface area contributed by atoms with Gasteiger partial charge in [-0.3, -0.25) is 4.98 Å². The van der Waals surface area contributed by atoms with Crippen LogP contribution in [0.1, 0.15) is 31.9 Å². The molecule has 3 heterocycles. The fourth-order valence-corrected chi connectivity index (χ4v) is 6.33. The number of hydrogen-bond acceptors (Lipinski definition) is 3. The standard InChI is InChI=1S/C36H29N2.C12H10N.Ir/c1-36(2,3)28-18-21-38-35(23-28)27-13-9-12-26(22-27)30-16-17-32(34-24-37-20-19-33(30)34)31-15-8-7-14-29(31)25-10-5-4-6-11-25;1-10-7-8-13-12(9-10)11-5-3-2-4-6-11;/h4-12,14-24H,1-3H3;2-5,7-9H,1H3;/q2*-1;. The quantitative estimate of drug-likeness (QED) is 0.162. The van der Waals surface area contributed by atoms with Crippen LogP contribution in [0.4, 0.5) is 0 Å². The van der Waals surface area contributed by atoms with Crippen LogP contribution in [0.25, 0.3) is 66.7 Å². The molecular formula is C48H39IrN3-2. The normalized spacial score (nSPS) is 10.9. The van der Waals surface area contributed by atoms with Crippen LogP contribution in [0.2, 0.25) is 0 Å². The van der Waals surface area contributed by atoms with Crippen LogP contribution in [-0.2, 0) is 25.5 Å². The van der Waals surface area contributed by atoms with Gasteiger partial charge in [-0.1, -0.05) is 105 Å². The number of pyridine rings is 3.